The third-order valence-corrected chi connectivity index (χ3v) is 5.35. The molecule has 132 valence electrons. The summed E-state index contributed by atoms with van der Waals surface area (Å²) in [5.74, 6) is 0.789. The van der Waals surface area contributed by atoms with E-state index in [9.17, 15) is 0 Å². The number of likely N-dealkylation sites (tertiary alicyclic amines) is 1. The van der Waals surface area contributed by atoms with Gasteiger partial charge in [-0.1, -0.05) is 29.8 Å². The van der Waals surface area contributed by atoms with Crippen LogP contribution in [0.3, 0.4) is 0 Å². The summed E-state index contributed by atoms with van der Waals surface area (Å²) in [6, 6.07) is 8.85. The molecule has 2 aliphatic rings. The van der Waals surface area contributed by atoms with Crippen molar-refractivity contribution in [2.24, 2.45) is 0 Å². The van der Waals surface area contributed by atoms with Gasteiger partial charge in [0.2, 0.25) is 5.95 Å². The molecule has 2 aliphatic heterocycles. The molecule has 0 unspecified atom stereocenters. The first-order valence-electron chi connectivity index (χ1n) is 8.95. The lowest BCUT2D eigenvalue weighted by molar-refractivity contribution is 0.0503. The van der Waals surface area contributed by atoms with Crippen LogP contribution < -0.4 is 4.90 Å². The standard InChI is InChI=1S/C20H26N4O/c1-15-4-6-16(7-5-15)11-24-9-8-20(13-24)14-25-12-17-10-21-19(23(2)3)22-18(17)20/h4-7,10H,8-9,11-14H2,1-3H3/t20-/m0/s1. The minimum Gasteiger partial charge on any atom is -0.376 e. The van der Waals surface area contributed by atoms with Crippen molar-refractivity contribution in [2.45, 2.75) is 31.9 Å². The fourth-order valence-corrected chi connectivity index (χ4v) is 3.96. The number of ether oxygens (including phenoxy) is 1. The molecule has 5 nitrogen and oxygen atoms in total. The molecule has 0 aliphatic carbocycles. The Bertz CT molecular complexity index is 759. The molecule has 0 N–H and O–H groups in total. The molecule has 1 aromatic heterocycles. The molecule has 1 aromatic carbocycles. The van der Waals surface area contributed by atoms with Gasteiger partial charge in [-0.2, -0.15) is 0 Å². The monoisotopic (exact) mass is 338 g/mol. The van der Waals surface area contributed by atoms with Gasteiger partial charge in [0.1, 0.15) is 0 Å². The predicted molar refractivity (Wildman–Crippen MR) is 98.8 cm³/mol. The van der Waals surface area contributed by atoms with Crippen molar-refractivity contribution in [3.8, 4) is 0 Å². The molecule has 4 rings (SSSR count). The molecule has 2 aromatic rings. The van der Waals surface area contributed by atoms with Gasteiger partial charge >= 0.3 is 0 Å². The lowest BCUT2D eigenvalue weighted by atomic mass is 9.80. The van der Waals surface area contributed by atoms with Gasteiger partial charge in [0.15, 0.2) is 0 Å². The first-order chi connectivity index (χ1) is 12.1. The topological polar surface area (TPSA) is 41.5 Å². The van der Waals surface area contributed by atoms with Gasteiger partial charge in [-0.25, -0.2) is 9.97 Å². The van der Waals surface area contributed by atoms with Crippen LogP contribution in [-0.2, 0) is 23.3 Å². The highest BCUT2D eigenvalue weighted by atomic mass is 16.5. The van der Waals surface area contributed by atoms with Crippen LogP contribution >= 0.6 is 0 Å². The molecule has 1 spiro atoms. The number of benzene rings is 1. The normalized spacial score (nSPS) is 23.0. The highest BCUT2D eigenvalue weighted by Crippen LogP contribution is 2.39. The van der Waals surface area contributed by atoms with Gasteiger partial charge in [-0.3, -0.25) is 4.90 Å². The quantitative estimate of drug-likeness (QED) is 0.860. The summed E-state index contributed by atoms with van der Waals surface area (Å²) in [6.45, 7) is 6.59. The van der Waals surface area contributed by atoms with E-state index in [-0.39, 0.29) is 5.41 Å². The second-order valence-electron chi connectivity index (χ2n) is 7.66. The summed E-state index contributed by atoms with van der Waals surface area (Å²) < 4.78 is 5.93. The number of anilines is 1. The van der Waals surface area contributed by atoms with E-state index >= 15 is 0 Å². The van der Waals surface area contributed by atoms with Crippen LogP contribution in [-0.4, -0.2) is 48.7 Å². The average molecular weight is 338 g/mol. The Hall–Kier alpha value is -1.98. The zero-order valence-corrected chi connectivity index (χ0v) is 15.3. The Morgan fingerprint density at radius 2 is 2.04 bits per heavy atom. The van der Waals surface area contributed by atoms with E-state index in [1.165, 1.54) is 16.8 Å². The summed E-state index contributed by atoms with van der Waals surface area (Å²) in [7, 11) is 3.98. The molecule has 0 amide bonds. The lowest BCUT2D eigenvalue weighted by Crippen LogP contribution is -2.40. The molecule has 0 saturated carbocycles. The van der Waals surface area contributed by atoms with Gasteiger partial charge < -0.3 is 9.64 Å². The second kappa shape index (κ2) is 6.39. The zero-order chi connectivity index (χ0) is 17.4. The Morgan fingerprint density at radius 3 is 2.80 bits per heavy atom. The van der Waals surface area contributed by atoms with E-state index in [2.05, 4.69) is 41.1 Å². The zero-order valence-electron chi connectivity index (χ0n) is 15.3. The first kappa shape index (κ1) is 16.5. The van der Waals surface area contributed by atoms with Crippen LogP contribution in [0.15, 0.2) is 30.5 Å². The molecule has 25 heavy (non-hydrogen) atoms. The molecule has 0 radical (unpaired) electrons. The van der Waals surface area contributed by atoms with Gasteiger partial charge in [0, 0.05) is 38.9 Å². The third-order valence-electron chi connectivity index (χ3n) is 5.35. The number of aryl methyl sites for hydroxylation is 1. The molecule has 3 heterocycles. The largest absolute Gasteiger partial charge is 0.376 e. The molecule has 1 fully saturated rings. The summed E-state index contributed by atoms with van der Waals surface area (Å²) in [5.41, 5.74) is 5.03. The van der Waals surface area contributed by atoms with Crippen LogP contribution in [0, 0.1) is 6.92 Å². The van der Waals surface area contributed by atoms with Crippen molar-refractivity contribution in [2.75, 3.05) is 38.7 Å². The summed E-state index contributed by atoms with van der Waals surface area (Å²) in [6.07, 6.45) is 3.04. The number of rotatable bonds is 3. The molecule has 5 heteroatoms. The van der Waals surface area contributed by atoms with Crippen LogP contribution in [0.1, 0.15) is 28.8 Å². The fraction of sp³-hybridized carbons (Fsp3) is 0.500. The maximum atomic E-state index is 5.93. The summed E-state index contributed by atoms with van der Waals surface area (Å²) in [4.78, 5) is 13.9. The van der Waals surface area contributed by atoms with Crippen molar-refractivity contribution in [3.63, 3.8) is 0 Å². The number of fused-ring (bicyclic) bond motifs is 2. The maximum absolute atomic E-state index is 5.93. The Balaban J connectivity index is 1.58. The number of nitrogens with zero attached hydrogens (tertiary/aromatic N) is 4. The van der Waals surface area contributed by atoms with E-state index in [1.807, 2.05) is 25.2 Å². The van der Waals surface area contributed by atoms with Crippen LogP contribution in [0.5, 0.6) is 0 Å². The van der Waals surface area contributed by atoms with Gasteiger partial charge in [0.25, 0.3) is 0 Å². The van der Waals surface area contributed by atoms with Gasteiger partial charge in [-0.15, -0.1) is 0 Å². The van der Waals surface area contributed by atoms with Gasteiger partial charge in [-0.05, 0) is 25.5 Å². The maximum Gasteiger partial charge on any atom is 0.225 e. The summed E-state index contributed by atoms with van der Waals surface area (Å²) >= 11 is 0. The minimum atomic E-state index is 0.00593. The SMILES string of the molecule is Cc1ccc(CN2CC[C@@]3(COCc4cnc(N(C)C)nc43)C2)cc1. The highest BCUT2D eigenvalue weighted by Gasteiger charge is 2.44. The van der Waals surface area contributed by atoms with E-state index in [0.717, 1.165) is 44.2 Å². The van der Waals surface area contributed by atoms with Crippen molar-refractivity contribution in [1.82, 2.24) is 14.9 Å². The fourth-order valence-electron chi connectivity index (χ4n) is 3.96. The van der Waals surface area contributed by atoms with E-state index in [0.29, 0.717) is 6.61 Å². The second-order valence-corrected chi connectivity index (χ2v) is 7.66. The molecule has 1 saturated heterocycles. The summed E-state index contributed by atoms with van der Waals surface area (Å²) in [5, 5.41) is 0. The van der Waals surface area contributed by atoms with Crippen molar-refractivity contribution >= 4 is 5.95 Å². The Labute approximate surface area is 149 Å². The van der Waals surface area contributed by atoms with Crippen LogP contribution in [0.25, 0.3) is 0 Å². The van der Waals surface area contributed by atoms with E-state index < -0.39 is 0 Å². The van der Waals surface area contributed by atoms with Crippen LogP contribution in [0.4, 0.5) is 5.95 Å². The van der Waals surface area contributed by atoms with Crippen molar-refractivity contribution < 1.29 is 4.74 Å². The van der Waals surface area contributed by atoms with Crippen molar-refractivity contribution in [3.05, 3.63) is 52.8 Å². The molecule has 1 atom stereocenters. The first-order valence-corrected chi connectivity index (χ1v) is 8.95. The number of hydrogen-bond donors (Lipinski definition) is 0. The molecular formula is C20H26N4O. The number of hydrogen-bond acceptors (Lipinski definition) is 5. The van der Waals surface area contributed by atoms with E-state index in [4.69, 9.17) is 9.72 Å². The number of aromatic nitrogens is 2. The Kier molecular flexibility index (Phi) is 4.21. The third kappa shape index (κ3) is 3.14. The molecule has 0 bridgehead atoms. The van der Waals surface area contributed by atoms with Gasteiger partial charge in [0.05, 0.1) is 24.3 Å². The minimum absolute atomic E-state index is 0.00593. The molecular weight excluding hydrogens is 312 g/mol. The lowest BCUT2D eigenvalue weighted by Gasteiger charge is -2.34. The average Bonchev–Trinajstić information content (AvgIpc) is 3.00. The van der Waals surface area contributed by atoms with Crippen molar-refractivity contribution in [1.29, 1.82) is 0 Å². The highest BCUT2D eigenvalue weighted by molar-refractivity contribution is 5.37. The van der Waals surface area contributed by atoms with E-state index in [1.54, 1.807) is 0 Å². The Morgan fingerprint density at radius 1 is 1.24 bits per heavy atom. The smallest absolute Gasteiger partial charge is 0.225 e. The predicted octanol–water partition coefficient (Wildman–Crippen LogP) is 2.52. The van der Waals surface area contributed by atoms with Crippen LogP contribution in [0.2, 0.25) is 0 Å².